The van der Waals surface area contributed by atoms with Gasteiger partial charge in [-0.05, 0) is 37.1 Å². The number of hydrogen-bond donors (Lipinski definition) is 1. The standard InChI is InChI=1S/C14H19N3O/c1-3-9-15-10-13-16-17-14(18-13)12-7-5-11(4-2)6-8-12/h5-8,15H,3-4,9-10H2,1-2H3. The van der Waals surface area contributed by atoms with E-state index in [4.69, 9.17) is 4.42 Å². The first-order valence-corrected chi connectivity index (χ1v) is 6.46. The highest BCUT2D eigenvalue weighted by Crippen LogP contribution is 2.18. The lowest BCUT2D eigenvalue weighted by Gasteiger charge is -1.98. The van der Waals surface area contributed by atoms with Crippen molar-refractivity contribution in [3.8, 4) is 11.5 Å². The molecule has 1 aromatic heterocycles. The maximum atomic E-state index is 5.61. The Morgan fingerprint density at radius 3 is 2.56 bits per heavy atom. The summed E-state index contributed by atoms with van der Waals surface area (Å²) in [6, 6.07) is 8.23. The third-order valence-electron chi connectivity index (χ3n) is 2.78. The molecule has 18 heavy (non-hydrogen) atoms. The number of nitrogens with zero attached hydrogens (tertiary/aromatic N) is 2. The Bertz CT molecular complexity index is 476. The molecule has 0 bridgehead atoms. The molecule has 0 aliphatic carbocycles. The van der Waals surface area contributed by atoms with Gasteiger partial charge in [0.05, 0.1) is 6.54 Å². The second-order valence-corrected chi connectivity index (χ2v) is 4.23. The van der Waals surface area contributed by atoms with E-state index < -0.39 is 0 Å². The van der Waals surface area contributed by atoms with E-state index in [1.807, 2.05) is 12.1 Å². The molecular formula is C14H19N3O. The van der Waals surface area contributed by atoms with Crippen molar-refractivity contribution in [1.82, 2.24) is 15.5 Å². The molecule has 0 saturated carbocycles. The molecule has 4 nitrogen and oxygen atoms in total. The second kappa shape index (κ2) is 6.31. The summed E-state index contributed by atoms with van der Waals surface area (Å²) in [5.74, 6) is 1.23. The van der Waals surface area contributed by atoms with E-state index in [0.29, 0.717) is 18.3 Å². The molecule has 0 amide bonds. The monoisotopic (exact) mass is 245 g/mol. The molecule has 4 heteroatoms. The van der Waals surface area contributed by atoms with E-state index in [2.05, 4.69) is 41.5 Å². The van der Waals surface area contributed by atoms with Crippen LogP contribution in [0.3, 0.4) is 0 Å². The molecule has 0 atom stereocenters. The number of rotatable bonds is 6. The molecule has 0 aliphatic heterocycles. The van der Waals surface area contributed by atoms with E-state index in [1.165, 1.54) is 5.56 Å². The molecule has 0 unspecified atom stereocenters. The van der Waals surface area contributed by atoms with Crippen molar-refractivity contribution < 1.29 is 4.42 Å². The van der Waals surface area contributed by atoms with Gasteiger partial charge in [-0.15, -0.1) is 10.2 Å². The Morgan fingerprint density at radius 2 is 1.89 bits per heavy atom. The van der Waals surface area contributed by atoms with Crippen molar-refractivity contribution >= 4 is 0 Å². The number of hydrogen-bond acceptors (Lipinski definition) is 4. The van der Waals surface area contributed by atoms with Crippen LogP contribution in [0.1, 0.15) is 31.7 Å². The molecule has 1 heterocycles. The summed E-state index contributed by atoms with van der Waals surface area (Å²) >= 11 is 0. The van der Waals surface area contributed by atoms with Crippen LogP contribution in [-0.4, -0.2) is 16.7 Å². The Labute approximate surface area is 107 Å². The van der Waals surface area contributed by atoms with Gasteiger partial charge >= 0.3 is 0 Å². The van der Waals surface area contributed by atoms with Crippen LogP contribution in [0.5, 0.6) is 0 Å². The summed E-state index contributed by atoms with van der Waals surface area (Å²) in [6.07, 6.45) is 2.13. The van der Waals surface area contributed by atoms with Crippen LogP contribution in [0.4, 0.5) is 0 Å². The molecular weight excluding hydrogens is 226 g/mol. The van der Waals surface area contributed by atoms with Crippen LogP contribution in [0.25, 0.3) is 11.5 Å². The normalized spacial score (nSPS) is 10.8. The zero-order chi connectivity index (χ0) is 12.8. The average Bonchev–Trinajstić information content (AvgIpc) is 2.88. The van der Waals surface area contributed by atoms with Crippen molar-refractivity contribution in [3.05, 3.63) is 35.7 Å². The van der Waals surface area contributed by atoms with Crippen LogP contribution >= 0.6 is 0 Å². The number of benzene rings is 1. The smallest absolute Gasteiger partial charge is 0.247 e. The number of nitrogens with one attached hydrogen (secondary N) is 1. The largest absolute Gasteiger partial charge is 0.419 e. The molecule has 0 aliphatic rings. The summed E-state index contributed by atoms with van der Waals surface area (Å²) < 4.78 is 5.61. The van der Waals surface area contributed by atoms with Crippen LogP contribution in [0, 0.1) is 0 Å². The molecule has 0 saturated heterocycles. The van der Waals surface area contributed by atoms with Gasteiger partial charge in [-0.25, -0.2) is 0 Å². The summed E-state index contributed by atoms with van der Waals surface area (Å²) in [6.45, 7) is 5.86. The van der Waals surface area contributed by atoms with Crippen LogP contribution in [-0.2, 0) is 13.0 Å². The molecule has 1 N–H and O–H groups in total. The topological polar surface area (TPSA) is 51.0 Å². The van der Waals surface area contributed by atoms with Crippen LogP contribution in [0.15, 0.2) is 28.7 Å². The fourth-order valence-electron chi connectivity index (χ4n) is 1.70. The average molecular weight is 245 g/mol. The molecule has 2 rings (SSSR count). The van der Waals surface area contributed by atoms with Gasteiger partial charge in [0.15, 0.2) is 0 Å². The van der Waals surface area contributed by atoms with Crippen molar-refractivity contribution in [2.45, 2.75) is 33.2 Å². The molecule has 0 spiro atoms. The highest BCUT2D eigenvalue weighted by molar-refractivity contribution is 5.52. The first-order chi connectivity index (χ1) is 8.83. The minimum Gasteiger partial charge on any atom is -0.419 e. The van der Waals surface area contributed by atoms with Crippen molar-refractivity contribution in [2.24, 2.45) is 0 Å². The van der Waals surface area contributed by atoms with E-state index >= 15 is 0 Å². The summed E-state index contributed by atoms with van der Waals surface area (Å²) in [4.78, 5) is 0. The van der Waals surface area contributed by atoms with Gasteiger partial charge in [-0.1, -0.05) is 26.0 Å². The Hall–Kier alpha value is -1.68. The van der Waals surface area contributed by atoms with Gasteiger partial charge in [0, 0.05) is 5.56 Å². The van der Waals surface area contributed by atoms with E-state index in [-0.39, 0.29) is 0 Å². The van der Waals surface area contributed by atoms with Gasteiger partial charge in [-0.3, -0.25) is 0 Å². The minimum absolute atomic E-state index is 0.589. The van der Waals surface area contributed by atoms with Gasteiger partial charge in [-0.2, -0.15) is 0 Å². The van der Waals surface area contributed by atoms with Gasteiger partial charge < -0.3 is 9.73 Å². The van der Waals surface area contributed by atoms with Crippen LogP contribution in [0.2, 0.25) is 0 Å². The predicted molar refractivity (Wildman–Crippen MR) is 71.1 cm³/mol. The minimum atomic E-state index is 0.589. The fourth-order valence-corrected chi connectivity index (χ4v) is 1.70. The summed E-state index contributed by atoms with van der Waals surface area (Å²) in [5.41, 5.74) is 2.28. The molecule has 2 aromatic rings. The number of aryl methyl sites for hydroxylation is 1. The molecule has 96 valence electrons. The first kappa shape index (κ1) is 12.8. The lowest BCUT2D eigenvalue weighted by molar-refractivity contribution is 0.477. The predicted octanol–water partition coefficient (Wildman–Crippen LogP) is 2.80. The maximum absolute atomic E-state index is 5.61. The molecule has 1 aromatic carbocycles. The lowest BCUT2D eigenvalue weighted by Crippen LogP contribution is -2.13. The highest BCUT2D eigenvalue weighted by Gasteiger charge is 2.07. The maximum Gasteiger partial charge on any atom is 0.247 e. The SMILES string of the molecule is CCCNCc1nnc(-c2ccc(CC)cc2)o1. The Balaban J connectivity index is 2.04. The molecule has 0 fully saturated rings. The first-order valence-electron chi connectivity index (χ1n) is 6.46. The van der Waals surface area contributed by atoms with Gasteiger partial charge in [0.2, 0.25) is 11.8 Å². The van der Waals surface area contributed by atoms with E-state index in [1.54, 1.807) is 0 Å². The van der Waals surface area contributed by atoms with E-state index in [0.717, 1.165) is 24.9 Å². The zero-order valence-electron chi connectivity index (χ0n) is 10.9. The van der Waals surface area contributed by atoms with E-state index in [9.17, 15) is 0 Å². The Morgan fingerprint density at radius 1 is 1.11 bits per heavy atom. The lowest BCUT2D eigenvalue weighted by atomic mass is 10.1. The quantitative estimate of drug-likeness (QED) is 0.795. The molecule has 0 radical (unpaired) electrons. The third kappa shape index (κ3) is 3.17. The number of aromatic nitrogens is 2. The van der Waals surface area contributed by atoms with Crippen molar-refractivity contribution in [3.63, 3.8) is 0 Å². The van der Waals surface area contributed by atoms with Crippen molar-refractivity contribution in [1.29, 1.82) is 0 Å². The summed E-state index contributed by atoms with van der Waals surface area (Å²) in [5, 5.41) is 11.3. The highest BCUT2D eigenvalue weighted by atomic mass is 16.4. The van der Waals surface area contributed by atoms with Crippen LogP contribution < -0.4 is 5.32 Å². The third-order valence-corrected chi connectivity index (χ3v) is 2.78. The Kier molecular flexibility index (Phi) is 4.47. The zero-order valence-corrected chi connectivity index (χ0v) is 10.9. The second-order valence-electron chi connectivity index (χ2n) is 4.23. The fraction of sp³-hybridized carbons (Fsp3) is 0.429. The van der Waals surface area contributed by atoms with Gasteiger partial charge in [0.1, 0.15) is 0 Å². The van der Waals surface area contributed by atoms with Crippen molar-refractivity contribution in [2.75, 3.05) is 6.54 Å². The summed E-state index contributed by atoms with van der Waals surface area (Å²) in [7, 11) is 0. The van der Waals surface area contributed by atoms with Gasteiger partial charge in [0.25, 0.3) is 0 Å².